The minimum atomic E-state index is -3.82. The Kier molecular flexibility index (Phi) is 5.24. The van der Waals surface area contributed by atoms with E-state index in [2.05, 4.69) is 4.90 Å². The molecule has 1 saturated heterocycles. The highest BCUT2D eigenvalue weighted by molar-refractivity contribution is 7.89. The maximum atomic E-state index is 13.9. The molecule has 0 N–H and O–H groups in total. The third-order valence-electron chi connectivity index (χ3n) is 4.20. The van der Waals surface area contributed by atoms with Crippen LogP contribution in [0.1, 0.15) is 6.92 Å². The molecule has 0 unspecified atom stereocenters. The maximum Gasteiger partial charge on any atom is 0.246 e. The van der Waals surface area contributed by atoms with Gasteiger partial charge in [-0.2, -0.15) is 4.31 Å². The smallest absolute Gasteiger partial charge is 0.246 e. The van der Waals surface area contributed by atoms with E-state index in [-0.39, 0.29) is 4.90 Å². The van der Waals surface area contributed by atoms with Gasteiger partial charge in [0.2, 0.25) is 10.0 Å². The fraction of sp³-hybridized carbons (Fsp3) is 0.333. The van der Waals surface area contributed by atoms with E-state index >= 15 is 0 Å². The number of sulfonamides is 1. The summed E-state index contributed by atoms with van der Waals surface area (Å²) in [7, 11) is -3.82. The van der Waals surface area contributed by atoms with Crippen molar-refractivity contribution in [3.63, 3.8) is 0 Å². The molecule has 7 heteroatoms. The second kappa shape index (κ2) is 7.41. The molecule has 1 aliphatic heterocycles. The Morgan fingerprint density at radius 2 is 1.64 bits per heavy atom. The van der Waals surface area contributed by atoms with Crippen molar-refractivity contribution < 1.29 is 17.5 Å². The van der Waals surface area contributed by atoms with Crippen molar-refractivity contribution >= 4 is 15.7 Å². The molecule has 2 aromatic carbocycles. The third-order valence-corrected chi connectivity index (χ3v) is 6.13. The van der Waals surface area contributed by atoms with Crippen molar-refractivity contribution in [1.29, 1.82) is 0 Å². The van der Waals surface area contributed by atoms with Crippen molar-refractivity contribution in [1.82, 2.24) is 4.31 Å². The number of para-hydroxylation sites is 2. The van der Waals surface area contributed by atoms with Crippen LogP contribution in [0.4, 0.5) is 10.1 Å². The van der Waals surface area contributed by atoms with Crippen LogP contribution in [0.2, 0.25) is 0 Å². The number of anilines is 1. The van der Waals surface area contributed by atoms with Crippen molar-refractivity contribution in [2.45, 2.75) is 11.8 Å². The highest BCUT2D eigenvalue weighted by atomic mass is 32.2. The second-order valence-corrected chi connectivity index (χ2v) is 7.63. The van der Waals surface area contributed by atoms with Gasteiger partial charge in [-0.15, -0.1) is 0 Å². The summed E-state index contributed by atoms with van der Waals surface area (Å²) in [6, 6.07) is 13.2. The first-order valence-corrected chi connectivity index (χ1v) is 9.69. The summed E-state index contributed by atoms with van der Waals surface area (Å²) in [6.45, 7) is 4.15. The van der Waals surface area contributed by atoms with Crippen LogP contribution in [0.25, 0.3) is 0 Å². The number of hydrogen-bond acceptors (Lipinski definition) is 4. The Morgan fingerprint density at radius 3 is 2.32 bits per heavy atom. The monoisotopic (exact) mass is 364 g/mol. The molecule has 0 aliphatic carbocycles. The first kappa shape index (κ1) is 17.7. The fourth-order valence-electron chi connectivity index (χ4n) is 2.96. The summed E-state index contributed by atoms with van der Waals surface area (Å²) in [5.41, 5.74) is 0.951. The second-order valence-electron chi connectivity index (χ2n) is 5.72. The van der Waals surface area contributed by atoms with Gasteiger partial charge in [0.15, 0.2) is 0 Å². The molecule has 0 amide bonds. The average Bonchev–Trinajstić information content (AvgIpc) is 2.63. The molecule has 0 aromatic heterocycles. The van der Waals surface area contributed by atoms with Gasteiger partial charge in [0.25, 0.3) is 0 Å². The van der Waals surface area contributed by atoms with Crippen LogP contribution in [0.15, 0.2) is 53.4 Å². The van der Waals surface area contributed by atoms with Crippen LogP contribution >= 0.6 is 0 Å². The van der Waals surface area contributed by atoms with Crippen LogP contribution in [-0.4, -0.2) is 45.5 Å². The molecule has 134 valence electrons. The van der Waals surface area contributed by atoms with Gasteiger partial charge in [-0.3, -0.25) is 0 Å². The van der Waals surface area contributed by atoms with E-state index < -0.39 is 15.8 Å². The Morgan fingerprint density at radius 1 is 1.00 bits per heavy atom. The normalized spacial score (nSPS) is 16.0. The predicted octanol–water partition coefficient (Wildman–Crippen LogP) is 2.74. The number of nitrogens with zero attached hydrogens (tertiary/aromatic N) is 2. The van der Waals surface area contributed by atoms with Crippen LogP contribution < -0.4 is 9.64 Å². The van der Waals surface area contributed by atoms with E-state index in [4.69, 9.17) is 4.74 Å². The lowest BCUT2D eigenvalue weighted by Gasteiger charge is -2.36. The largest absolute Gasteiger partial charge is 0.492 e. The van der Waals surface area contributed by atoms with E-state index in [1.54, 1.807) is 0 Å². The Labute approximate surface area is 147 Å². The molecule has 0 saturated carbocycles. The zero-order valence-corrected chi connectivity index (χ0v) is 14.9. The predicted molar refractivity (Wildman–Crippen MR) is 95.0 cm³/mol. The lowest BCUT2D eigenvalue weighted by molar-refractivity contribution is 0.336. The molecule has 1 heterocycles. The quantitative estimate of drug-likeness (QED) is 0.819. The molecule has 25 heavy (non-hydrogen) atoms. The number of benzene rings is 2. The molecule has 0 atom stereocenters. The van der Waals surface area contributed by atoms with Crippen LogP contribution in [0, 0.1) is 5.82 Å². The van der Waals surface area contributed by atoms with Gasteiger partial charge in [0.1, 0.15) is 16.5 Å². The summed E-state index contributed by atoms with van der Waals surface area (Å²) in [4.78, 5) is 1.83. The molecule has 1 aliphatic rings. The minimum absolute atomic E-state index is 0.266. The van der Waals surface area contributed by atoms with Gasteiger partial charge in [-0.1, -0.05) is 24.3 Å². The molecule has 5 nitrogen and oxygen atoms in total. The fourth-order valence-corrected chi connectivity index (χ4v) is 4.45. The molecule has 2 aromatic rings. The molecule has 1 fully saturated rings. The zero-order chi connectivity index (χ0) is 17.9. The van der Waals surface area contributed by atoms with E-state index in [0.29, 0.717) is 32.8 Å². The van der Waals surface area contributed by atoms with E-state index in [0.717, 1.165) is 11.4 Å². The first-order chi connectivity index (χ1) is 12.0. The SMILES string of the molecule is CCOc1ccccc1N1CCN(S(=O)(=O)c2ccccc2F)CC1. The standard InChI is InChI=1S/C18H21FN2O3S/c1-2-24-17-9-5-4-8-16(17)20-11-13-21(14-12-20)25(22,23)18-10-6-3-7-15(18)19/h3-10H,2,11-14H2,1H3. The number of piperazine rings is 1. The van der Waals surface area contributed by atoms with Gasteiger partial charge >= 0.3 is 0 Å². The van der Waals surface area contributed by atoms with Crippen molar-refractivity contribution in [3.05, 3.63) is 54.3 Å². The highest BCUT2D eigenvalue weighted by Gasteiger charge is 2.31. The van der Waals surface area contributed by atoms with E-state index in [1.165, 1.54) is 28.6 Å². The Balaban J connectivity index is 1.75. The van der Waals surface area contributed by atoms with E-state index in [1.807, 2.05) is 31.2 Å². The topological polar surface area (TPSA) is 49.9 Å². The summed E-state index contributed by atoms with van der Waals surface area (Å²) < 4.78 is 46.2. The maximum absolute atomic E-state index is 13.9. The van der Waals surface area contributed by atoms with Gasteiger partial charge < -0.3 is 9.64 Å². The third kappa shape index (κ3) is 3.62. The molecule has 0 spiro atoms. The first-order valence-electron chi connectivity index (χ1n) is 8.25. The van der Waals surface area contributed by atoms with Gasteiger partial charge in [0, 0.05) is 26.2 Å². The lowest BCUT2D eigenvalue weighted by Crippen LogP contribution is -2.48. The number of halogens is 1. The Bertz CT molecular complexity index is 834. The van der Waals surface area contributed by atoms with Gasteiger partial charge in [-0.05, 0) is 31.2 Å². The summed E-state index contributed by atoms with van der Waals surface area (Å²) in [6.07, 6.45) is 0. The summed E-state index contributed by atoms with van der Waals surface area (Å²) in [5.74, 6) is 0.0713. The Hall–Kier alpha value is -2.12. The van der Waals surface area contributed by atoms with Crippen LogP contribution in [0.3, 0.4) is 0 Å². The average molecular weight is 364 g/mol. The minimum Gasteiger partial charge on any atom is -0.492 e. The molecule has 3 rings (SSSR count). The van der Waals surface area contributed by atoms with E-state index in [9.17, 15) is 12.8 Å². The lowest BCUT2D eigenvalue weighted by atomic mass is 10.2. The molecular weight excluding hydrogens is 343 g/mol. The number of hydrogen-bond donors (Lipinski definition) is 0. The molecule has 0 bridgehead atoms. The highest BCUT2D eigenvalue weighted by Crippen LogP contribution is 2.30. The van der Waals surface area contributed by atoms with Crippen LogP contribution in [-0.2, 0) is 10.0 Å². The van der Waals surface area contributed by atoms with Crippen molar-refractivity contribution in [2.24, 2.45) is 0 Å². The van der Waals surface area contributed by atoms with Crippen LogP contribution in [0.5, 0.6) is 5.75 Å². The zero-order valence-electron chi connectivity index (χ0n) is 14.1. The summed E-state index contributed by atoms with van der Waals surface area (Å²) in [5, 5.41) is 0. The van der Waals surface area contributed by atoms with Gasteiger partial charge in [0.05, 0.1) is 12.3 Å². The molecular formula is C18H21FN2O3S. The van der Waals surface area contributed by atoms with Crippen molar-refractivity contribution in [2.75, 3.05) is 37.7 Å². The number of ether oxygens (including phenoxy) is 1. The number of rotatable bonds is 5. The van der Waals surface area contributed by atoms with Gasteiger partial charge in [-0.25, -0.2) is 12.8 Å². The van der Waals surface area contributed by atoms with Crippen molar-refractivity contribution in [3.8, 4) is 5.75 Å². The molecule has 0 radical (unpaired) electrons. The summed E-state index contributed by atoms with van der Waals surface area (Å²) >= 11 is 0.